The lowest BCUT2D eigenvalue weighted by atomic mass is 9.72. The topological polar surface area (TPSA) is 20.2 Å². The molecule has 1 heteroatoms. The van der Waals surface area contributed by atoms with Gasteiger partial charge in [0.15, 0.2) is 0 Å². The van der Waals surface area contributed by atoms with Crippen LogP contribution in [0.3, 0.4) is 0 Å². The Labute approximate surface area is 83.5 Å². The van der Waals surface area contributed by atoms with Gasteiger partial charge in [0.25, 0.3) is 0 Å². The summed E-state index contributed by atoms with van der Waals surface area (Å²) in [6, 6.07) is 0. The van der Waals surface area contributed by atoms with Crippen LogP contribution in [0.2, 0.25) is 0 Å². The monoisotopic (exact) mass is 186 g/mol. The molecule has 0 fully saturated rings. The fourth-order valence-corrected chi connectivity index (χ4v) is 1.72. The molecule has 0 aromatic heterocycles. The van der Waals surface area contributed by atoms with Gasteiger partial charge in [-0.15, -0.1) is 0 Å². The van der Waals surface area contributed by atoms with Crippen molar-refractivity contribution in [3.05, 3.63) is 0 Å². The van der Waals surface area contributed by atoms with Crippen molar-refractivity contribution in [1.82, 2.24) is 0 Å². The highest BCUT2D eigenvalue weighted by atomic mass is 16.3. The van der Waals surface area contributed by atoms with Crippen LogP contribution in [0.4, 0.5) is 0 Å². The number of aliphatic hydroxyl groups is 1. The molecule has 1 atom stereocenters. The van der Waals surface area contributed by atoms with Crippen molar-refractivity contribution in [2.75, 3.05) is 6.61 Å². The van der Waals surface area contributed by atoms with Crippen LogP contribution >= 0.6 is 0 Å². The maximum atomic E-state index is 9.40. The lowest BCUT2D eigenvalue weighted by Gasteiger charge is -2.34. The molecule has 0 rings (SSSR count). The first-order valence-electron chi connectivity index (χ1n) is 5.61. The standard InChI is InChI=1S/C12H26O/c1-6-11(7-2)8-12(5,9-13)10(3)4/h10-11,13H,6-9H2,1-5H3. The highest BCUT2D eigenvalue weighted by Gasteiger charge is 2.29. The smallest absolute Gasteiger partial charge is 0.0487 e. The summed E-state index contributed by atoms with van der Waals surface area (Å²) in [6.45, 7) is 11.4. The van der Waals surface area contributed by atoms with Crippen molar-refractivity contribution in [3.8, 4) is 0 Å². The number of rotatable bonds is 6. The van der Waals surface area contributed by atoms with E-state index in [1.807, 2.05) is 0 Å². The van der Waals surface area contributed by atoms with Crippen LogP contribution < -0.4 is 0 Å². The summed E-state index contributed by atoms with van der Waals surface area (Å²) >= 11 is 0. The second kappa shape index (κ2) is 5.64. The zero-order valence-electron chi connectivity index (χ0n) is 9.93. The predicted molar refractivity (Wildman–Crippen MR) is 58.7 cm³/mol. The third-order valence-electron chi connectivity index (χ3n) is 3.66. The van der Waals surface area contributed by atoms with Crippen LogP contribution in [-0.4, -0.2) is 11.7 Å². The number of aliphatic hydroxyl groups excluding tert-OH is 1. The minimum absolute atomic E-state index is 0.122. The van der Waals surface area contributed by atoms with Gasteiger partial charge in [0.2, 0.25) is 0 Å². The molecule has 0 amide bonds. The van der Waals surface area contributed by atoms with Gasteiger partial charge in [-0.05, 0) is 23.7 Å². The molecule has 0 saturated heterocycles. The Morgan fingerprint density at radius 2 is 1.62 bits per heavy atom. The Morgan fingerprint density at radius 1 is 1.15 bits per heavy atom. The van der Waals surface area contributed by atoms with Crippen molar-refractivity contribution in [2.45, 2.75) is 53.9 Å². The van der Waals surface area contributed by atoms with E-state index in [2.05, 4.69) is 34.6 Å². The summed E-state index contributed by atoms with van der Waals surface area (Å²) in [4.78, 5) is 0. The van der Waals surface area contributed by atoms with E-state index in [0.717, 1.165) is 12.3 Å². The lowest BCUT2D eigenvalue weighted by Crippen LogP contribution is -2.30. The average Bonchev–Trinajstić information content (AvgIpc) is 2.13. The van der Waals surface area contributed by atoms with Gasteiger partial charge < -0.3 is 5.11 Å². The molecule has 0 aliphatic carbocycles. The van der Waals surface area contributed by atoms with Crippen LogP contribution in [0.25, 0.3) is 0 Å². The molecule has 0 aliphatic heterocycles. The maximum Gasteiger partial charge on any atom is 0.0487 e. The molecule has 80 valence electrons. The summed E-state index contributed by atoms with van der Waals surface area (Å²) in [5.74, 6) is 1.35. The average molecular weight is 186 g/mol. The largest absolute Gasteiger partial charge is 0.396 e. The molecule has 1 N–H and O–H groups in total. The van der Waals surface area contributed by atoms with E-state index in [9.17, 15) is 5.11 Å². The first kappa shape index (κ1) is 13.0. The van der Waals surface area contributed by atoms with Crippen LogP contribution in [0, 0.1) is 17.3 Å². The Morgan fingerprint density at radius 3 is 1.85 bits per heavy atom. The van der Waals surface area contributed by atoms with E-state index in [1.165, 1.54) is 12.8 Å². The number of hydrogen-bond acceptors (Lipinski definition) is 1. The van der Waals surface area contributed by atoms with Gasteiger partial charge in [-0.2, -0.15) is 0 Å². The summed E-state index contributed by atoms with van der Waals surface area (Å²) in [7, 11) is 0. The van der Waals surface area contributed by atoms with E-state index >= 15 is 0 Å². The fourth-order valence-electron chi connectivity index (χ4n) is 1.72. The molecule has 0 spiro atoms. The molecule has 1 unspecified atom stereocenters. The van der Waals surface area contributed by atoms with Crippen molar-refractivity contribution in [1.29, 1.82) is 0 Å². The van der Waals surface area contributed by atoms with Crippen LogP contribution in [0.1, 0.15) is 53.9 Å². The molecule has 0 saturated carbocycles. The molecule has 0 radical (unpaired) electrons. The first-order chi connectivity index (χ1) is 6.00. The summed E-state index contributed by atoms with van der Waals surface area (Å²) in [5.41, 5.74) is 0.122. The summed E-state index contributed by atoms with van der Waals surface area (Å²) < 4.78 is 0. The van der Waals surface area contributed by atoms with Crippen LogP contribution in [0.5, 0.6) is 0 Å². The molecule has 1 nitrogen and oxygen atoms in total. The fraction of sp³-hybridized carbons (Fsp3) is 1.00. The Balaban J connectivity index is 4.24. The van der Waals surface area contributed by atoms with E-state index in [4.69, 9.17) is 0 Å². The van der Waals surface area contributed by atoms with Crippen molar-refractivity contribution in [2.24, 2.45) is 17.3 Å². The Hall–Kier alpha value is -0.0400. The Bertz CT molecular complexity index is 127. The minimum atomic E-state index is 0.122. The molecule has 0 bridgehead atoms. The van der Waals surface area contributed by atoms with E-state index < -0.39 is 0 Å². The Kier molecular flexibility index (Phi) is 5.62. The van der Waals surface area contributed by atoms with Gasteiger partial charge >= 0.3 is 0 Å². The van der Waals surface area contributed by atoms with Gasteiger partial charge in [-0.25, -0.2) is 0 Å². The number of hydrogen-bond donors (Lipinski definition) is 1. The summed E-state index contributed by atoms with van der Waals surface area (Å²) in [6.07, 6.45) is 3.63. The van der Waals surface area contributed by atoms with E-state index in [0.29, 0.717) is 12.5 Å². The molecule has 0 aliphatic rings. The zero-order chi connectivity index (χ0) is 10.5. The highest BCUT2D eigenvalue weighted by Crippen LogP contribution is 2.35. The SMILES string of the molecule is CCC(CC)CC(C)(CO)C(C)C. The van der Waals surface area contributed by atoms with Crippen molar-refractivity contribution < 1.29 is 5.11 Å². The molecular formula is C12H26O. The molecule has 0 heterocycles. The third kappa shape index (κ3) is 3.68. The molecule has 13 heavy (non-hydrogen) atoms. The highest BCUT2D eigenvalue weighted by molar-refractivity contribution is 4.79. The second-order valence-corrected chi connectivity index (χ2v) is 4.85. The van der Waals surface area contributed by atoms with E-state index in [1.54, 1.807) is 0 Å². The predicted octanol–water partition coefficient (Wildman–Crippen LogP) is 3.47. The van der Waals surface area contributed by atoms with Gasteiger partial charge in [0.1, 0.15) is 0 Å². The lowest BCUT2D eigenvalue weighted by molar-refractivity contribution is 0.0657. The maximum absolute atomic E-state index is 9.40. The normalized spacial score (nSPS) is 16.6. The third-order valence-corrected chi connectivity index (χ3v) is 3.66. The minimum Gasteiger partial charge on any atom is -0.396 e. The summed E-state index contributed by atoms with van der Waals surface area (Å²) in [5, 5.41) is 9.40. The first-order valence-corrected chi connectivity index (χ1v) is 5.61. The van der Waals surface area contributed by atoms with Crippen molar-refractivity contribution >= 4 is 0 Å². The zero-order valence-corrected chi connectivity index (χ0v) is 9.93. The van der Waals surface area contributed by atoms with Gasteiger partial charge in [-0.3, -0.25) is 0 Å². The molecular weight excluding hydrogens is 160 g/mol. The van der Waals surface area contributed by atoms with Gasteiger partial charge in [0.05, 0.1) is 0 Å². The molecule has 0 aromatic carbocycles. The quantitative estimate of drug-likeness (QED) is 0.673. The molecule has 0 aromatic rings. The van der Waals surface area contributed by atoms with Crippen LogP contribution in [0.15, 0.2) is 0 Å². The van der Waals surface area contributed by atoms with E-state index in [-0.39, 0.29) is 5.41 Å². The van der Waals surface area contributed by atoms with Gasteiger partial charge in [-0.1, -0.05) is 47.5 Å². The van der Waals surface area contributed by atoms with Crippen molar-refractivity contribution in [3.63, 3.8) is 0 Å². The van der Waals surface area contributed by atoms with Crippen LogP contribution in [-0.2, 0) is 0 Å². The van der Waals surface area contributed by atoms with Gasteiger partial charge in [0, 0.05) is 6.61 Å². The second-order valence-electron chi connectivity index (χ2n) is 4.85.